The van der Waals surface area contributed by atoms with Crippen LogP contribution in [0.5, 0.6) is 0 Å². The summed E-state index contributed by atoms with van der Waals surface area (Å²) in [6.45, 7) is 6.83. The van der Waals surface area contributed by atoms with Crippen LogP contribution in [0.25, 0.3) is 0 Å². The van der Waals surface area contributed by atoms with Gasteiger partial charge in [-0.05, 0) is 56.7 Å². The van der Waals surface area contributed by atoms with Crippen LogP contribution >= 0.6 is 0 Å². The highest BCUT2D eigenvalue weighted by molar-refractivity contribution is 5.91. The molecule has 1 aliphatic heterocycles. The molecule has 2 aliphatic rings. The van der Waals surface area contributed by atoms with Crippen LogP contribution in [-0.4, -0.2) is 60.6 Å². The molecule has 8 heteroatoms. The maximum Gasteiger partial charge on any atom is 0.313 e. The molecule has 2 aromatic carbocycles. The Labute approximate surface area is 224 Å². The van der Waals surface area contributed by atoms with Gasteiger partial charge in [-0.15, -0.1) is 0 Å². The highest BCUT2D eigenvalue weighted by Gasteiger charge is 2.48. The topological polar surface area (TPSA) is 111 Å². The van der Waals surface area contributed by atoms with Crippen molar-refractivity contribution >= 4 is 17.8 Å². The van der Waals surface area contributed by atoms with E-state index in [1.807, 2.05) is 55.5 Å². The number of carbonyl (C=O) groups excluding carboxylic acids is 3. The minimum absolute atomic E-state index is 0.0466. The van der Waals surface area contributed by atoms with Crippen LogP contribution in [0.4, 0.5) is 0 Å². The zero-order valence-electron chi connectivity index (χ0n) is 22.6. The van der Waals surface area contributed by atoms with Crippen LogP contribution in [-0.2, 0) is 35.9 Å². The summed E-state index contributed by atoms with van der Waals surface area (Å²) in [5, 5.41) is 2.81. The maximum absolute atomic E-state index is 13.6. The Balaban J connectivity index is 1.45. The lowest BCUT2D eigenvalue weighted by Gasteiger charge is -2.41. The number of fused-ring (bicyclic) bond motifs is 2. The first-order valence-corrected chi connectivity index (χ1v) is 13.4. The molecule has 38 heavy (non-hydrogen) atoms. The SMILES string of the molecule is CCOC(=O)[C@@H]1CC2(CCN(C(=O)[C@@H](COCc3ccccc3)NC(=O)C(C)(C)N)CC2)c2ccccc21. The number of nitrogens with one attached hydrogen (secondary N) is 1. The van der Waals surface area contributed by atoms with Gasteiger partial charge < -0.3 is 25.4 Å². The third kappa shape index (κ3) is 6.08. The molecule has 1 aliphatic carbocycles. The lowest BCUT2D eigenvalue weighted by molar-refractivity contribution is -0.145. The monoisotopic (exact) mass is 521 g/mol. The van der Waals surface area contributed by atoms with Crippen molar-refractivity contribution in [3.63, 3.8) is 0 Å². The van der Waals surface area contributed by atoms with Crippen molar-refractivity contribution in [2.75, 3.05) is 26.3 Å². The van der Waals surface area contributed by atoms with E-state index < -0.39 is 17.5 Å². The van der Waals surface area contributed by atoms with E-state index in [0.29, 0.717) is 32.7 Å². The summed E-state index contributed by atoms with van der Waals surface area (Å²) in [7, 11) is 0. The lowest BCUT2D eigenvalue weighted by atomic mass is 9.73. The first-order valence-electron chi connectivity index (χ1n) is 13.4. The lowest BCUT2D eigenvalue weighted by Crippen LogP contribution is -2.59. The molecule has 0 saturated carbocycles. The second kappa shape index (κ2) is 11.7. The molecule has 0 unspecified atom stereocenters. The van der Waals surface area contributed by atoms with Gasteiger partial charge in [0.1, 0.15) is 6.04 Å². The van der Waals surface area contributed by atoms with Crippen molar-refractivity contribution in [2.45, 2.75) is 69.6 Å². The molecule has 1 fully saturated rings. The number of likely N-dealkylation sites (tertiary alicyclic amines) is 1. The maximum atomic E-state index is 13.6. The van der Waals surface area contributed by atoms with E-state index in [-0.39, 0.29) is 29.8 Å². The highest BCUT2D eigenvalue weighted by atomic mass is 16.5. The average molecular weight is 522 g/mol. The first-order chi connectivity index (χ1) is 18.1. The van der Waals surface area contributed by atoms with Crippen molar-refractivity contribution < 1.29 is 23.9 Å². The third-order valence-electron chi connectivity index (χ3n) is 7.69. The zero-order valence-corrected chi connectivity index (χ0v) is 22.6. The predicted molar refractivity (Wildman–Crippen MR) is 144 cm³/mol. The van der Waals surface area contributed by atoms with Crippen LogP contribution in [0.15, 0.2) is 54.6 Å². The van der Waals surface area contributed by atoms with E-state index in [1.54, 1.807) is 18.7 Å². The summed E-state index contributed by atoms with van der Waals surface area (Å²) in [6.07, 6.45) is 2.16. The van der Waals surface area contributed by atoms with Gasteiger partial charge in [0.15, 0.2) is 0 Å². The Bertz CT molecular complexity index is 1140. The number of rotatable bonds is 9. The standard InChI is InChI=1S/C30H39N3O5/c1-4-38-27(35)23-18-30(24-13-9-8-12-22(23)24)14-16-33(17-15-30)26(34)25(32-28(36)29(2,3)31)20-37-19-21-10-6-5-7-11-21/h5-13,23,25H,4,14-20,31H2,1-3H3,(H,32,36)/t23-,25-/m1/s1. The zero-order chi connectivity index (χ0) is 27.3. The molecule has 2 aromatic rings. The van der Waals surface area contributed by atoms with Crippen molar-refractivity contribution in [3.05, 3.63) is 71.3 Å². The molecule has 2 atom stereocenters. The van der Waals surface area contributed by atoms with E-state index >= 15 is 0 Å². The van der Waals surface area contributed by atoms with E-state index in [0.717, 1.165) is 24.0 Å². The van der Waals surface area contributed by atoms with Crippen LogP contribution in [0.1, 0.15) is 62.6 Å². The number of nitrogens with two attached hydrogens (primary N) is 1. The van der Waals surface area contributed by atoms with Crippen molar-refractivity contribution in [1.82, 2.24) is 10.2 Å². The third-order valence-corrected chi connectivity index (χ3v) is 7.69. The Kier molecular flexibility index (Phi) is 8.53. The molecular formula is C30H39N3O5. The Morgan fingerprint density at radius 2 is 1.74 bits per heavy atom. The fourth-order valence-electron chi connectivity index (χ4n) is 5.58. The van der Waals surface area contributed by atoms with Crippen molar-refractivity contribution in [2.24, 2.45) is 5.73 Å². The predicted octanol–water partition coefficient (Wildman–Crippen LogP) is 3.04. The van der Waals surface area contributed by atoms with E-state index in [1.165, 1.54) is 5.56 Å². The number of nitrogens with zero attached hydrogens (tertiary/aromatic N) is 1. The number of carbonyl (C=O) groups is 3. The fraction of sp³-hybridized carbons (Fsp3) is 0.500. The molecule has 0 aromatic heterocycles. The van der Waals surface area contributed by atoms with Gasteiger partial charge in [-0.3, -0.25) is 14.4 Å². The van der Waals surface area contributed by atoms with Gasteiger partial charge in [0.2, 0.25) is 11.8 Å². The Hall–Kier alpha value is -3.23. The van der Waals surface area contributed by atoms with Gasteiger partial charge in [-0.25, -0.2) is 0 Å². The van der Waals surface area contributed by atoms with Crippen LogP contribution in [0.2, 0.25) is 0 Å². The van der Waals surface area contributed by atoms with Gasteiger partial charge in [0.25, 0.3) is 0 Å². The second-order valence-electron chi connectivity index (χ2n) is 11.0. The number of esters is 1. The van der Waals surface area contributed by atoms with Gasteiger partial charge in [-0.1, -0.05) is 54.6 Å². The number of piperidine rings is 1. The van der Waals surface area contributed by atoms with Crippen LogP contribution in [0.3, 0.4) is 0 Å². The normalized spacial score (nSPS) is 19.1. The number of hydrogen-bond donors (Lipinski definition) is 2. The van der Waals surface area contributed by atoms with Crippen LogP contribution in [0, 0.1) is 0 Å². The summed E-state index contributed by atoms with van der Waals surface area (Å²) >= 11 is 0. The molecule has 3 N–H and O–H groups in total. The number of amides is 2. The summed E-state index contributed by atoms with van der Waals surface area (Å²) in [5.41, 5.74) is 7.90. The first kappa shape index (κ1) is 27.8. The molecule has 2 amide bonds. The molecule has 0 radical (unpaired) electrons. The molecule has 1 spiro atoms. The molecule has 1 heterocycles. The fourth-order valence-corrected chi connectivity index (χ4v) is 5.58. The molecular weight excluding hydrogens is 482 g/mol. The van der Waals surface area contributed by atoms with Gasteiger partial charge in [0.05, 0.1) is 31.3 Å². The molecule has 204 valence electrons. The van der Waals surface area contributed by atoms with Gasteiger partial charge >= 0.3 is 5.97 Å². The summed E-state index contributed by atoms with van der Waals surface area (Å²) < 4.78 is 11.2. The van der Waals surface area contributed by atoms with Crippen LogP contribution < -0.4 is 11.1 Å². The second-order valence-corrected chi connectivity index (χ2v) is 11.0. The summed E-state index contributed by atoms with van der Waals surface area (Å²) in [5.74, 6) is -1.05. The largest absolute Gasteiger partial charge is 0.466 e. The smallest absolute Gasteiger partial charge is 0.313 e. The molecule has 1 saturated heterocycles. The Morgan fingerprint density at radius 1 is 1.08 bits per heavy atom. The van der Waals surface area contributed by atoms with E-state index in [2.05, 4.69) is 11.4 Å². The Morgan fingerprint density at radius 3 is 2.39 bits per heavy atom. The summed E-state index contributed by atoms with van der Waals surface area (Å²) in [4.78, 5) is 40.8. The van der Waals surface area contributed by atoms with Gasteiger partial charge in [-0.2, -0.15) is 0 Å². The molecule has 8 nitrogen and oxygen atoms in total. The quantitative estimate of drug-likeness (QED) is 0.491. The van der Waals surface area contributed by atoms with E-state index in [9.17, 15) is 14.4 Å². The minimum atomic E-state index is -1.13. The average Bonchev–Trinajstić information content (AvgIpc) is 3.22. The molecule has 4 rings (SSSR count). The van der Waals surface area contributed by atoms with Gasteiger partial charge in [0, 0.05) is 18.5 Å². The van der Waals surface area contributed by atoms with Crippen molar-refractivity contribution in [1.29, 1.82) is 0 Å². The van der Waals surface area contributed by atoms with E-state index in [4.69, 9.17) is 15.2 Å². The minimum Gasteiger partial charge on any atom is -0.466 e. The van der Waals surface area contributed by atoms with Crippen molar-refractivity contribution in [3.8, 4) is 0 Å². The highest BCUT2D eigenvalue weighted by Crippen LogP contribution is 2.52. The summed E-state index contributed by atoms with van der Waals surface area (Å²) in [6, 6.07) is 16.9. The number of hydrogen-bond acceptors (Lipinski definition) is 6. The molecule has 0 bridgehead atoms. The number of benzene rings is 2. The number of ether oxygens (including phenoxy) is 2.